The topological polar surface area (TPSA) is 56.7 Å². The molecule has 2 fully saturated rings. The average molecular weight is 434 g/mol. The third kappa shape index (κ3) is 4.80. The molecule has 5 rings (SSSR count). The lowest BCUT2D eigenvalue weighted by Gasteiger charge is -2.44. The first-order valence-corrected chi connectivity index (χ1v) is 12.3. The van der Waals surface area contributed by atoms with Crippen LogP contribution in [0, 0.1) is 0 Å². The van der Waals surface area contributed by atoms with Crippen molar-refractivity contribution >= 4 is 5.78 Å². The second-order valence-corrected chi connectivity index (χ2v) is 10.0. The number of likely N-dealkylation sites (tertiary alicyclic amines) is 2. The minimum absolute atomic E-state index is 0.206. The van der Waals surface area contributed by atoms with Crippen LogP contribution in [0.2, 0.25) is 0 Å². The molecule has 5 nitrogen and oxygen atoms in total. The average Bonchev–Trinajstić information content (AvgIpc) is 3.29. The summed E-state index contributed by atoms with van der Waals surface area (Å²) in [6.07, 6.45) is 12.2. The zero-order valence-electron chi connectivity index (χ0n) is 19.0. The number of β-amino-alcohol motifs (C(OH)–C–C–N with tert-alkyl or cyclic N) is 1. The van der Waals surface area contributed by atoms with Crippen LogP contribution in [0.3, 0.4) is 0 Å². The molecule has 5 heteroatoms. The van der Waals surface area contributed by atoms with Crippen LogP contribution in [-0.4, -0.2) is 64.0 Å². The molecule has 0 unspecified atom stereocenters. The number of rotatable bonds is 6. The second-order valence-electron chi connectivity index (χ2n) is 10.0. The Hall–Kier alpha value is -2.08. The first-order chi connectivity index (χ1) is 15.6. The number of piperidine rings is 2. The number of fused-ring (bicyclic) bond motifs is 1. The Labute approximate surface area is 191 Å². The summed E-state index contributed by atoms with van der Waals surface area (Å²) in [5, 5.41) is 11.4. The molecule has 0 spiro atoms. The molecule has 1 N–H and O–H groups in total. The number of Topliss-reactive ketones (excluding diaryl/α,β-unsaturated/α-hetero) is 1. The number of nitrogens with zero attached hydrogens (tertiary/aromatic N) is 3. The number of hydrogen-bond donors (Lipinski definition) is 1. The molecule has 3 heterocycles. The van der Waals surface area contributed by atoms with Crippen molar-refractivity contribution in [3.05, 3.63) is 65.0 Å². The molecule has 1 aromatic carbocycles. The maximum atomic E-state index is 12.9. The summed E-state index contributed by atoms with van der Waals surface area (Å²) in [5.41, 5.74) is 4.19. The van der Waals surface area contributed by atoms with Gasteiger partial charge in [-0.1, -0.05) is 24.6 Å². The van der Waals surface area contributed by atoms with E-state index < -0.39 is 5.60 Å². The largest absolute Gasteiger partial charge is 0.388 e. The van der Waals surface area contributed by atoms with Crippen molar-refractivity contribution in [2.24, 2.45) is 0 Å². The van der Waals surface area contributed by atoms with Gasteiger partial charge in [-0.25, -0.2) is 0 Å². The van der Waals surface area contributed by atoms with Gasteiger partial charge in [0.2, 0.25) is 0 Å². The summed E-state index contributed by atoms with van der Waals surface area (Å²) in [5.74, 6) is 0.206. The van der Waals surface area contributed by atoms with E-state index in [1.54, 1.807) is 0 Å². The zero-order chi connectivity index (χ0) is 22.0. The Morgan fingerprint density at radius 1 is 1.06 bits per heavy atom. The maximum absolute atomic E-state index is 12.9. The third-order valence-corrected chi connectivity index (χ3v) is 7.75. The number of ketones is 1. The molecule has 0 radical (unpaired) electrons. The smallest absolute Gasteiger partial charge is 0.176 e. The van der Waals surface area contributed by atoms with Gasteiger partial charge in [0.05, 0.1) is 12.1 Å². The monoisotopic (exact) mass is 433 g/mol. The van der Waals surface area contributed by atoms with Crippen LogP contribution in [0.1, 0.15) is 71.6 Å². The van der Waals surface area contributed by atoms with Gasteiger partial charge in [-0.3, -0.25) is 19.6 Å². The summed E-state index contributed by atoms with van der Waals surface area (Å²) in [4.78, 5) is 21.9. The van der Waals surface area contributed by atoms with Gasteiger partial charge in [-0.05, 0) is 80.3 Å². The summed E-state index contributed by atoms with van der Waals surface area (Å²) in [6, 6.07) is 10.8. The maximum Gasteiger partial charge on any atom is 0.176 e. The van der Waals surface area contributed by atoms with Crippen LogP contribution >= 0.6 is 0 Å². The van der Waals surface area contributed by atoms with E-state index in [-0.39, 0.29) is 5.78 Å². The van der Waals surface area contributed by atoms with Gasteiger partial charge in [-0.2, -0.15) is 0 Å². The van der Waals surface area contributed by atoms with Crippen LogP contribution in [0.25, 0.3) is 0 Å². The highest BCUT2D eigenvalue weighted by molar-refractivity contribution is 5.97. The van der Waals surface area contributed by atoms with E-state index in [4.69, 9.17) is 0 Å². The molecule has 32 heavy (non-hydrogen) atoms. The van der Waals surface area contributed by atoms with Crippen molar-refractivity contribution in [2.75, 3.05) is 32.7 Å². The molecule has 2 aliphatic heterocycles. The summed E-state index contributed by atoms with van der Waals surface area (Å²) >= 11 is 0. The molecule has 3 aliphatic rings. The Balaban J connectivity index is 1.17. The molecular weight excluding hydrogens is 398 g/mol. The van der Waals surface area contributed by atoms with Gasteiger partial charge >= 0.3 is 0 Å². The van der Waals surface area contributed by atoms with Gasteiger partial charge in [0.1, 0.15) is 0 Å². The summed E-state index contributed by atoms with van der Waals surface area (Å²) < 4.78 is 0. The zero-order valence-corrected chi connectivity index (χ0v) is 19.0. The Kier molecular flexibility index (Phi) is 6.40. The Morgan fingerprint density at radius 2 is 1.91 bits per heavy atom. The van der Waals surface area contributed by atoms with Crippen molar-refractivity contribution in [1.29, 1.82) is 0 Å². The van der Waals surface area contributed by atoms with Gasteiger partial charge in [0.25, 0.3) is 0 Å². The molecular formula is C27H35N3O2. The third-order valence-electron chi connectivity index (χ3n) is 7.75. The number of benzene rings is 1. The van der Waals surface area contributed by atoms with Crippen LogP contribution in [0.5, 0.6) is 0 Å². The summed E-state index contributed by atoms with van der Waals surface area (Å²) in [6.45, 7) is 3.75. The molecule has 0 saturated carbocycles. The highest BCUT2D eigenvalue weighted by Crippen LogP contribution is 2.34. The number of aliphatic hydroxyl groups is 1. The number of hydrogen-bond acceptors (Lipinski definition) is 5. The van der Waals surface area contributed by atoms with E-state index in [1.807, 2.05) is 24.5 Å². The lowest BCUT2D eigenvalue weighted by atomic mass is 9.87. The fourth-order valence-corrected chi connectivity index (χ4v) is 5.83. The van der Waals surface area contributed by atoms with Crippen molar-refractivity contribution in [1.82, 2.24) is 14.8 Å². The van der Waals surface area contributed by atoms with Crippen molar-refractivity contribution < 1.29 is 9.90 Å². The van der Waals surface area contributed by atoms with E-state index in [0.29, 0.717) is 19.1 Å². The van der Waals surface area contributed by atoms with E-state index >= 15 is 0 Å². The van der Waals surface area contributed by atoms with Crippen LogP contribution in [0.15, 0.2) is 42.7 Å². The lowest BCUT2D eigenvalue weighted by Crippen LogP contribution is -2.53. The molecule has 0 amide bonds. The molecule has 0 bridgehead atoms. The molecule has 1 atom stereocenters. The van der Waals surface area contributed by atoms with Crippen LogP contribution < -0.4 is 0 Å². The Morgan fingerprint density at radius 3 is 2.72 bits per heavy atom. The Bertz CT molecular complexity index is 937. The highest BCUT2D eigenvalue weighted by Gasteiger charge is 2.37. The first kappa shape index (κ1) is 21.7. The van der Waals surface area contributed by atoms with E-state index in [2.05, 4.69) is 33.0 Å². The van der Waals surface area contributed by atoms with Crippen molar-refractivity contribution in [3.63, 3.8) is 0 Å². The van der Waals surface area contributed by atoms with E-state index in [1.165, 1.54) is 36.0 Å². The van der Waals surface area contributed by atoms with E-state index in [9.17, 15) is 9.90 Å². The molecule has 1 aromatic heterocycles. The van der Waals surface area contributed by atoms with E-state index in [0.717, 1.165) is 57.3 Å². The number of pyridine rings is 1. The highest BCUT2D eigenvalue weighted by atomic mass is 16.3. The quantitative estimate of drug-likeness (QED) is 0.702. The number of carbonyl (C=O) groups excluding carboxylic acids is 1. The molecule has 170 valence electrons. The SMILES string of the molecule is O=C(CN1CCC(O)(CN2CCCC[C@H]2c2cccnc2)CC1)c1ccc2c(c1)CCC2. The van der Waals surface area contributed by atoms with Crippen LogP contribution in [-0.2, 0) is 12.8 Å². The number of carbonyl (C=O) groups is 1. The normalized spacial score (nSPS) is 23.7. The first-order valence-electron chi connectivity index (χ1n) is 12.3. The van der Waals surface area contributed by atoms with Crippen molar-refractivity contribution in [2.45, 2.75) is 63.0 Å². The molecule has 2 saturated heterocycles. The number of aryl methyl sites for hydroxylation is 2. The minimum atomic E-state index is -0.676. The van der Waals surface area contributed by atoms with Gasteiger partial charge in [-0.15, -0.1) is 0 Å². The van der Waals surface area contributed by atoms with Gasteiger partial charge in [0.15, 0.2) is 5.78 Å². The second kappa shape index (κ2) is 9.42. The van der Waals surface area contributed by atoms with Crippen LogP contribution in [0.4, 0.5) is 0 Å². The molecule has 1 aliphatic carbocycles. The predicted molar refractivity (Wildman–Crippen MR) is 126 cm³/mol. The lowest BCUT2D eigenvalue weighted by molar-refractivity contribution is -0.0574. The van der Waals surface area contributed by atoms with Crippen molar-refractivity contribution in [3.8, 4) is 0 Å². The summed E-state index contributed by atoms with van der Waals surface area (Å²) in [7, 11) is 0. The van der Waals surface area contributed by atoms with Gasteiger partial charge < -0.3 is 5.11 Å². The molecule has 2 aromatic rings. The number of aromatic nitrogens is 1. The minimum Gasteiger partial charge on any atom is -0.388 e. The fourth-order valence-electron chi connectivity index (χ4n) is 5.83. The van der Waals surface area contributed by atoms with Gasteiger partial charge in [0, 0.05) is 43.6 Å². The fraction of sp³-hybridized carbons (Fsp3) is 0.556. The standard InChI is InChI=1S/C27H35N3O2/c31-26(23-10-9-21-5-3-6-22(21)17-23)19-29-15-11-27(32,12-16-29)20-30-14-2-1-8-25(30)24-7-4-13-28-18-24/h4,7,9-10,13,17-18,25,32H,1-3,5-6,8,11-12,14-16,19-20H2/t25-/m0/s1. The predicted octanol–water partition coefficient (Wildman–Crippen LogP) is 3.81.